The van der Waals surface area contributed by atoms with E-state index in [9.17, 15) is 33.0 Å². The number of aromatic hydroxyl groups is 1. The molecule has 2 N–H and O–H groups in total. The molecule has 0 radical (unpaired) electrons. The summed E-state index contributed by atoms with van der Waals surface area (Å²) in [5.74, 6) is 0.220. The van der Waals surface area contributed by atoms with Crippen molar-refractivity contribution in [2.75, 3.05) is 33.8 Å². The predicted molar refractivity (Wildman–Crippen MR) is 155 cm³/mol. The zero-order valence-corrected chi connectivity index (χ0v) is 23.6. The van der Waals surface area contributed by atoms with Crippen molar-refractivity contribution >= 4 is 23.1 Å². The Morgan fingerprint density at radius 3 is 2.07 bits per heavy atom. The summed E-state index contributed by atoms with van der Waals surface area (Å²) in [6, 6.07) is 18.5. The first kappa shape index (κ1) is 31.8. The minimum atomic E-state index is -4.55. The van der Waals surface area contributed by atoms with E-state index in [1.807, 2.05) is 0 Å². The molecule has 0 spiro atoms. The van der Waals surface area contributed by atoms with Crippen molar-refractivity contribution in [1.82, 2.24) is 9.80 Å². The van der Waals surface area contributed by atoms with Gasteiger partial charge in [0.05, 0.1) is 12.1 Å². The number of phenolic OH excluding ortho intramolecular Hbond substituents is 1. The second-order valence-corrected chi connectivity index (χ2v) is 9.53. The number of likely N-dealkylation sites (N-methyl/N-ethyl adjacent to an activating group) is 1. The molecule has 7 nitrogen and oxygen atoms in total. The monoisotopic (exact) mass is 582 g/mol. The molecule has 0 atom stereocenters. The molecule has 222 valence electrons. The highest BCUT2D eigenvalue weighted by Crippen LogP contribution is 2.41. The fraction of sp³-hybridized carbons (Fsp3) is 0.250. The van der Waals surface area contributed by atoms with E-state index in [-0.39, 0.29) is 36.9 Å². The lowest BCUT2D eigenvalue weighted by atomic mass is 9.86. The van der Waals surface area contributed by atoms with Gasteiger partial charge in [-0.15, -0.1) is 0 Å². The Morgan fingerprint density at radius 1 is 0.929 bits per heavy atom. The number of carbonyl (C=O) groups excluding carboxylic acids is 1. The van der Waals surface area contributed by atoms with Gasteiger partial charge >= 0.3 is 12.3 Å². The quantitative estimate of drug-likeness (QED) is 0.192. The van der Waals surface area contributed by atoms with E-state index in [1.54, 1.807) is 63.5 Å². The van der Waals surface area contributed by atoms with Crippen molar-refractivity contribution in [3.8, 4) is 11.5 Å². The summed E-state index contributed by atoms with van der Waals surface area (Å²) in [4.78, 5) is 25.7. The van der Waals surface area contributed by atoms with Crippen molar-refractivity contribution in [3.63, 3.8) is 0 Å². The number of carboxylic acid groups (broad SMARTS) is 1. The first-order valence-electron chi connectivity index (χ1n) is 13.2. The van der Waals surface area contributed by atoms with E-state index in [1.165, 1.54) is 41.3 Å². The molecule has 0 aliphatic rings. The number of benzene rings is 3. The fourth-order valence-electron chi connectivity index (χ4n) is 4.32. The highest BCUT2D eigenvalue weighted by molar-refractivity contribution is 5.99. The largest absolute Gasteiger partial charge is 0.508 e. The third kappa shape index (κ3) is 8.39. The lowest BCUT2D eigenvalue weighted by Crippen LogP contribution is -2.33. The zero-order chi connectivity index (χ0) is 30.9. The maximum atomic E-state index is 13.9. The van der Waals surface area contributed by atoms with Crippen molar-refractivity contribution in [3.05, 3.63) is 107 Å². The van der Waals surface area contributed by atoms with Gasteiger partial charge in [0.2, 0.25) is 5.91 Å². The summed E-state index contributed by atoms with van der Waals surface area (Å²) in [6.45, 7) is 1.89. The van der Waals surface area contributed by atoms with E-state index < -0.39 is 17.8 Å². The molecular formula is C32H33F3N2O5. The van der Waals surface area contributed by atoms with E-state index in [2.05, 4.69) is 0 Å². The van der Waals surface area contributed by atoms with Crippen LogP contribution in [0.2, 0.25) is 0 Å². The summed E-state index contributed by atoms with van der Waals surface area (Å²) < 4.78 is 47.6. The summed E-state index contributed by atoms with van der Waals surface area (Å²) >= 11 is 0. The van der Waals surface area contributed by atoms with Gasteiger partial charge in [0.15, 0.2) is 0 Å². The van der Waals surface area contributed by atoms with Crippen LogP contribution in [0.15, 0.2) is 84.9 Å². The zero-order valence-electron chi connectivity index (χ0n) is 23.6. The standard InChI is InChI=1S/C32H33F3N2O5/c1-4-26(27-8-5-6-9-28(27)32(33,34)35)30(22-11-15-24(38)16-12-22)23-13-17-25(18-14-23)42-21-20-37(31(40)41)19-7-10-29(39)36(2)3/h5-18,38H,4,19-21H2,1-3H3,(H,40,41)/b10-7+,30-26-. The number of nitrogens with zero attached hydrogens (tertiary/aromatic N) is 2. The van der Waals surface area contributed by atoms with Crippen molar-refractivity contribution in [1.29, 1.82) is 0 Å². The molecule has 0 unspecified atom stereocenters. The molecule has 3 aromatic rings. The third-order valence-corrected chi connectivity index (χ3v) is 6.44. The molecule has 3 rings (SSSR count). The van der Waals surface area contributed by atoms with Crippen molar-refractivity contribution < 1.29 is 37.7 Å². The lowest BCUT2D eigenvalue weighted by molar-refractivity contribution is -0.137. The molecule has 0 saturated carbocycles. The number of phenols is 1. The smallest absolute Gasteiger partial charge is 0.416 e. The summed E-state index contributed by atoms with van der Waals surface area (Å²) in [5.41, 5.74) is 1.68. The minimum absolute atomic E-state index is 0.0111. The SMILES string of the molecule is CC/C(=C(\c1ccc(O)cc1)c1ccc(OCCN(C/C=C/C(=O)N(C)C)C(=O)O)cc1)c1ccccc1C(F)(F)F. The van der Waals surface area contributed by atoms with Gasteiger partial charge in [0.1, 0.15) is 18.1 Å². The summed E-state index contributed by atoms with van der Waals surface area (Å²) in [7, 11) is 3.18. The molecule has 42 heavy (non-hydrogen) atoms. The van der Waals surface area contributed by atoms with E-state index in [4.69, 9.17) is 4.74 Å². The van der Waals surface area contributed by atoms with Crippen molar-refractivity contribution in [2.45, 2.75) is 19.5 Å². The number of hydrogen-bond acceptors (Lipinski definition) is 4. The summed E-state index contributed by atoms with van der Waals surface area (Å²) in [6.07, 6.45) is -2.64. The molecule has 3 aromatic carbocycles. The molecule has 0 aliphatic heterocycles. The van der Waals surface area contributed by atoms with Crippen LogP contribution in [0.4, 0.5) is 18.0 Å². The van der Waals surface area contributed by atoms with Gasteiger partial charge in [0, 0.05) is 26.7 Å². The minimum Gasteiger partial charge on any atom is -0.508 e. The van der Waals surface area contributed by atoms with Gasteiger partial charge in [-0.05, 0) is 64.6 Å². The van der Waals surface area contributed by atoms with Crippen LogP contribution < -0.4 is 4.74 Å². The molecule has 0 bridgehead atoms. The van der Waals surface area contributed by atoms with E-state index in [0.717, 1.165) is 11.0 Å². The van der Waals surface area contributed by atoms with Crippen LogP contribution in [0.5, 0.6) is 11.5 Å². The topological polar surface area (TPSA) is 90.3 Å². The van der Waals surface area contributed by atoms with Crippen LogP contribution in [-0.4, -0.2) is 65.8 Å². The highest BCUT2D eigenvalue weighted by atomic mass is 19.4. The molecule has 0 heterocycles. The fourth-order valence-corrected chi connectivity index (χ4v) is 4.32. The second kappa shape index (κ2) is 14.2. The molecule has 2 amide bonds. The number of alkyl halides is 3. The van der Waals surface area contributed by atoms with Crippen molar-refractivity contribution in [2.24, 2.45) is 0 Å². The van der Waals surface area contributed by atoms with Gasteiger partial charge in [-0.25, -0.2) is 4.79 Å². The Morgan fingerprint density at radius 2 is 1.52 bits per heavy atom. The van der Waals surface area contributed by atoms with Gasteiger partial charge < -0.3 is 24.7 Å². The molecule has 0 fully saturated rings. The molecule has 10 heteroatoms. The van der Waals surface area contributed by atoms with Gasteiger partial charge in [-0.1, -0.05) is 55.5 Å². The second-order valence-electron chi connectivity index (χ2n) is 9.53. The number of allylic oxidation sites excluding steroid dienone is 1. The summed E-state index contributed by atoms with van der Waals surface area (Å²) in [5, 5.41) is 19.3. The van der Waals surface area contributed by atoms with Crippen LogP contribution >= 0.6 is 0 Å². The first-order valence-corrected chi connectivity index (χ1v) is 13.2. The Kier molecular flexibility index (Phi) is 10.8. The van der Waals surface area contributed by atoms with E-state index in [0.29, 0.717) is 34.4 Å². The van der Waals surface area contributed by atoms with Crippen LogP contribution in [0.3, 0.4) is 0 Å². The maximum absolute atomic E-state index is 13.9. The lowest BCUT2D eigenvalue weighted by Gasteiger charge is -2.20. The maximum Gasteiger partial charge on any atom is 0.416 e. The average molecular weight is 583 g/mol. The molecule has 0 aromatic heterocycles. The van der Waals surface area contributed by atoms with Gasteiger partial charge in [-0.2, -0.15) is 13.2 Å². The molecule has 0 saturated heterocycles. The average Bonchev–Trinajstić information content (AvgIpc) is 2.95. The Balaban J connectivity index is 1.89. The van der Waals surface area contributed by atoms with Crippen LogP contribution in [0, 0.1) is 0 Å². The third-order valence-electron chi connectivity index (χ3n) is 6.44. The normalized spacial score (nSPS) is 12.1. The predicted octanol–water partition coefficient (Wildman–Crippen LogP) is 6.78. The highest BCUT2D eigenvalue weighted by Gasteiger charge is 2.34. The van der Waals surface area contributed by atoms with Crippen LogP contribution in [0.25, 0.3) is 11.1 Å². The van der Waals surface area contributed by atoms with Gasteiger partial charge in [0.25, 0.3) is 0 Å². The van der Waals surface area contributed by atoms with Gasteiger partial charge in [-0.3, -0.25) is 4.79 Å². The molecule has 0 aliphatic carbocycles. The number of carbonyl (C=O) groups is 2. The molecular weight excluding hydrogens is 549 g/mol. The Hall–Kier alpha value is -4.73. The van der Waals surface area contributed by atoms with Crippen LogP contribution in [0.1, 0.15) is 35.6 Å². The van der Waals surface area contributed by atoms with Crippen LogP contribution in [-0.2, 0) is 11.0 Å². The number of ether oxygens (including phenoxy) is 1. The Bertz CT molecular complexity index is 1430. The number of amides is 2. The number of rotatable bonds is 11. The Labute approximate surface area is 242 Å². The first-order chi connectivity index (χ1) is 19.9. The number of halogens is 3. The van der Waals surface area contributed by atoms with E-state index >= 15 is 0 Å². The number of hydrogen-bond donors (Lipinski definition) is 2.